The summed E-state index contributed by atoms with van der Waals surface area (Å²) < 4.78 is 9.49. The number of nitriles is 1. The van der Waals surface area contributed by atoms with Crippen molar-refractivity contribution >= 4 is 17.7 Å². The SMILES string of the molecule is CCOC(=O)/C=C(/C(=O)OCC)C(=O)c1ccc(C#N)cc1. The maximum absolute atomic E-state index is 12.3. The smallest absolute Gasteiger partial charge is 0.342 e. The molecule has 0 spiro atoms. The second-order valence-electron chi connectivity index (χ2n) is 4.05. The molecule has 0 aliphatic carbocycles. The van der Waals surface area contributed by atoms with E-state index in [0.717, 1.165) is 6.08 Å². The predicted octanol–water partition coefficient (Wildman–Crippen LogP) is 1.79. The van der Waals surface area contributed by atoms with Crippen LogP contribution in [0.15, 0.2) is 35.9 Å². The van der Waals surface area contributed by atoms with Crippen molar-refractivity contribution in [3.63, 3.8) is 0 Å². The Morgan fingerprint density at radius 2 is 1.68 bits per heavy atom. The lowest BCUT2D eigenvalue weighted by Gasteiger charge is -2.06. The van der Waals surface area contributed by atoms with E-state index in [4.69, 9.17) is 14.7 Å². The molecule has 22 heavy (non-hydrogen) atoms. The summed E-state index contributed by atoms with van der Waals surface area (Å²) in [7, 11) is 0. The van der Waals surface area contributed by atoms with Gasteiger partial charge >= 0.3 is 11.9 Å². The number of carbonyl (C=O) groups excluding carboxylic acids is 3. The highest BCUT2D eigenvalue weighted by Gasteiger charge is 2.22. The van der Waals surface area contributed by atoms with Crippen molar-refractivity contribution < 1.29 is 23.9 Å². The van der Waals surface area contributed by atoms with Crippen LogP contribution in [0.4, 0.5) is 0 Å². The zero-order valence-electron chi connectivity index (χ0n) is 12.3. The third-order valence-electron chi connectivity index (χ3n) is 2.56. The maximum Gasteiger partial charge on any atom is 0.342 e. The van der Waals surface area contributed by atoms with Crippen molar-refractivity contribution in [3.8, 4) is 6.07 Å². The number of esters is 2. The Morgan fingerprint density at radius 3 is 2.18 bits per heavy atom. The molecule has 114 valence electrons. The van der Waals surface area contributed by atoms with Crippen molar-refractivity contribution in [2.75, 3.05) is 13.2 Å². The fourth-order valence-electron chi connectivity index (χ4n) is 1.58. The van der Waals surface area contributed by atoms with Crippen molar-refractivity contribution in [2.24, 2.45) is 0 Å². The molecule has 6 heteroatoms. The average molecular weight is 301 g/mol. The summed E-state index contributed by atoms with van der Waals surface area (Å²) in [5.74, 6) is -2.37. The van der Waals surface area contributed by atoms with E-state index in [1.807, 2.05) is 6.07 Å². The van der Waals surface area contributed by atoms with Crippen LogP contribution in [0.25, 0.3) is 0 Å². The van der Waals surface area contributed by atoms with Crippen molar-refractivity contribution in [1.82, 2.24) is 0 Å². The third-order valence-corrected chi connectivity index (χ3v) is 2.56. The van der Waals surface area contributed by atoms with Crippen LogP contribution in [0.2, 0.25) is 0 Å². The van der Waals surface area contributed by atoms with Gasteiger partial charge in [-0.05, 0) is 38.1 Å². The number of nitrogens with zero attached hydrogens (tertiary/aromatic N) is 1. The Hall–Kier alpha value is -2.94. The fraction of sp³-hybridized carbons (Fsp3) is 0.250. The molecule has 0 aromatic heterocycles. The van der Waals surface area contributed by atoms with Crippen LogP contribution in [-0.4, -0.2) is 30.9 Å². The molecule has 0 atom stereocenters. The summed E-state index contributed by atoms with van der Waals surface area (Å²) in [5, 5.41) is 8.73. The second-order valence-corrected chi connectivity index (χ2v) is 4.05. The number of Topliss-reactive ketones (excluding diaryl/α,β-unsaturated/α-hetero) is 1. The van der Waals surface area contributed by atoms with Gasteiger partial charge in [-0.3, -0.25) is 4.79 Å². The molecule has 0 N–H and O–H groups in total. The highest BCUT2D eigenvalue weighted by Crippen LogP contribution is 2.12. The van der Waals surface area contributed by atoms with E-state index in [1.165, 1.54) is 24.3 Å². The van der Waals surface area contributed by atoms with Crippen molar-refractivity contribution in [1.29, 1.82) is 5.26 Å². The standard InChI is InChI=1S/C16H15NO5/c1-3-21-14(18)9-13(16(20)22-4-2)15(19)12-7-5-11(10-17)6-8-12/h5-9H,3-4H2,1-2H3/b13-9+. The minimum Gasteiger partial charge on any atom is -0.463 e. The van der Waals surface area contributed by atoms with Gasteiger partial charge in [0.2, 0.25) is 5.78 Å². The van der Waals surface area contributed by atoms with Gasteiger partial charge < -0.3 is 9.47 Å². The lowest BCUT2D eigenvalue weighted by atomic mass is 10.0. The van der Waals surface area contributed by atoms with Crippen LogP contribution < -0.4 is 0 Å². The van der Waals surface area contributed by atoms with E-state index in [-0.39, 0.29) is 18.8 Å². The zero-order valence-corrected chi connectivity index (χ0v) is 12.3. The molecule has 0 fully saturated rings. The lowest BCUT2D eigenvalue weighted by Crippen LogP contribution is -2.18. The van der Waals surface area contributed by atoms with Gasteiger partial charge in [0, 0.05) is 11.6 Å². The molecule has 0 aliphatic heterocycles. The van der Waals surface area contributed by atoms with Crippen LogP contribution in [0.3, 0.4) is 0 Å². The fourth-order valence-corrected chi connectivity index (χ4v) is 1.58. The molecule has 0 aliphatic rings. The van der Waals surface area contributed by atoms with Gasteiger partial charge in [-0.25, -0.2) is 9.59 Å². The normalized spacial score (nSPS) is 10.5. The van der Waals surface area contributed by atoms with Gasteiger partial charge in [-0.15, -0.1) is 0 Å². The zero-order chi connectivity index (χ0) is 16.5. The van der Waals surface area contributed by atoms with Gasteiger partial charge in [0.05, 0.1) is 24.8 Å². The first-order valence-corrected chi connectivity index (χ1v) is 6.63. The second kappa shape index (κ2) is 8.37. The predicted molar refractivity (Wildman–Crippen MR) is 76.8 cm³/mol. The minimum absolute atomic E-state index is 0.0691. The summed E-state index contributed by atoms with van der Waals surface area (Å²) in [6.45, 7) is 3.39. The Morgan fingerprint density at radius 1 is 1.09 bits per heavy atom. The quantitative estimate of drug-likeness (QED) is 0.261. The summed E-state index contributed by atoms with van der Waals surface area (Å²) in [4.78, 5) is 35.7. The average Bonchev–Trinajstić information content (AvgIpc) is 2.52. The first-order chi connectivity index (χ1) is 10.5. The largest absolute Gasteiger partial charge is 0.463 e. The number of hydrogen-bond donors (Lipinski definition) is 0. The van der Waals surface area contributed by atoms with E-state index >= 15 is 0 Å². The van der Waals surface area contributed by atoms with Crippen LogP contribution in [-0.2, 0) is 19.1 Å². The molecule has 0 heterocycles. The number of rotatable bonds is 6. The van der Waals surface area contributed by atoms with Gasteiger partial charge in [0.25, 0.3) is 0 Å². The van der Waals surface area contributed by atoms with Crippen molar-refractivity contribution in [2.45, 2.75) is 13.8 Å². The Kier molecular flexibility index (Phi) is 6.51. The molecular formula is C16H15NO5. The Bertz CT molecular complexity index is 637. The number of ether oxygens (including phenoxy) is 2. The first kappa shape index (κ1) is 17.1. The van der Waals surface area contributed by atoms with E-state index < -0.39 is 23.3 Å². The van der Waals surface area contributed by atoms with Crippen molar-refractivity contribution in [3.05, 3.63) is 47.0 Å². The number of hydrogen-bond acceptors (Lipinski definition) is 6. The summed E-state index contributed by atoms with van der Waals surface area (Å²) in [6.07, 6.45) is 0.821. The highest BCUT2D eigenvalue weighted by molar-refractivity contribution is 6.26. The van der Waals surface area contributed by atoms with E-state index in [0.29, 0.717) is 5.56 Å². The van der Waals surface area contributed by atoms with Crippen LogP contribution >= 0.6 is 0 Å². The number of ketones is 1. The summed E-state index contributed by atoms with van der Waals surface area (Å²) in [5.41, 5.74) is 0.135. The topological polar surface area (TPSA) is 93.5 Å². The lowest BCUT2D eigenvalue weighted by molar-refractivity contribution is -0.140. The van der Waals surface area contributed by atoms with Gasteiger partial charge in [-0.1, -0.05) is 0 Å². The monoisotopic (exact) mass is 301 g/mol. The molecule has 1 aromatic rings. The van der Waals surface area contributed by atoms with E-state index in [9.17, 15) is 14.4 Å². The molecule has 0 saturated heterocycles. The molecule has 0 saturated carbocycles. The van der Waals surface area contributed by atoms with Crippen LogP contribution in [0.1, 0.15) is 29.8 Å². The molecule has 0 bridgehead atoms. The number of benzene rings is 1. The molecular weight excluding hydrogens is 286 g/mol. The van der Waals surface area contributed by atoms with E-state index in [2.05, 4.69) is 0 Å². The van der Waals surface area contributed by atoms with Crippen LogP contribution in [0.5, 0.6) is 0 Å². The molecule has 0 unspecified atom stereocenters. The minimum atomic E-state index is -0.898. The summed E-state index contributed by atoms with van der Waals surface area (Å²) >= 11 is 0. The van der Waals surface area contributed by atoms with Crippen LogP contribution in [0, 0.1) is 11.3 Å². The molecule has 1 aromatic carbocycles. The molecule has 0 amide bonds. The first-order valence-electron chi connectivity index (χ1n) is 6.63. The molecule has 1 rings (SSSR count). The van der Waals surface area contributed by atoms with Gasteiger partial charge in [0.15, 0.2) is 0 Å². The Labute approximate surface area is 127 Å². The third kappa shape index (κ3) is 4.56. The van der Waals surface area contributed by atoms with Gasteiger partial charge in [0.1, 0.15) is 5.57 Å². The molecule has 6 nitrogen and oxygen atoms in total. The maximum atomic E-state index is 12.3. The van der Waals surface area contributed by atoms with Gasteiger partial charge in [-0.2, -0.15) is 5.26 Å². The highest BCUT2D eigenvalue weighted by atomic mass is 16.5. The van der Waals surface area contributed by atoms with E-state index in [1.54, 1.807) is 13.8 Å². The number of carbonyl (C=O) groups is 3. The molecule has 0 radical (unpaired) electrons. The Balaban J connectivity index is 3.13. The summed E-state index contributed by atoms with van der Waals surface area (Å²) in [6, 6.07) is 7.62.